The smallest absolute Gasteiger partial charge is 0.326 e. The average molecular weight is 279 g/mol. The number of carbonyl (C=O) groups is 2. The SMILES string of the molecule is CC1CCN(C(=O)c2c(O)cccc2O)C(C(=O)O)C1. The fourth-order valence-corrected chi connectivity index (χ4v) is 2.51. The number of likely N-dealkylation sites (tertiary alicyclic amines) is 1. The van der Waals surface area contributed by atoms with Crippen molar-refractivity contribution in [3.63, 3.8) is 0 Å². The molecule has 1 fully saturated rings. The molecule has 1 aliphatic rings. The van der Waals surface area contributed by atoms with E-state index in [0.29, 0.717) is 19.4 Å². The minimum absolute atomic E-state index is 0.220. The zero-order valence-electron chi connectivity index (χ0n) is 11.1. The van der Waals surface area contributed by atoms with Gasteiger partial charge in [-0.15, -0.1) is 0 Å². The summed E-state index contributed by atoms with van der Waals surface area (Å²) in [5.41, 5.74) is -0.242. The third-order valence-corrected chi connectivity index (χ3v) is 3.64. The molecule has 1 aliphatic heterocycles. The Hall–Kier alpha value is -2.24. The summed E-state index contributed by atoms with van der Waals surface area (Å²) in [6.45, 7) is 2.24. The summed E-state index contributed by atoms with van der Waals surface area (Å²) in [5.74, 6) is -2.20. The molecule has 0 aliphatic carbocycles. The molecule has 0 aromatic heterocycles. The number of aliphatic carboxylic acids is 1. The first-order chi connectivity index (χ1) is 9.41. The highest BCUT2D eigenvalue weighted by Gasteiger charge is 2.36. The number of phenols is 2. The second-order valence-corrected chi connectivity index (χ2v) is 5.15. The number of hydrogen-bond acceptors (Lipinski definition) is 4. The molecule has 108 valence electrons. The summed E-state index contributed by atoms with van der Waals surface area (Å²) in [7, 11) is 0. The topological polar surface area (TPSA) is 98.1 Å². The van der Waals surface area contributed by atoms with Crippen LogP contribution in [-0.4, -0.2) is 44.7 Å². The van der Waals surface area contributed by atoms with E-state index in [1.54, 1.807) is 0 Å². The number of benzene rings is 1. The van der Waals surface area contributed by atoms with Gasteiger partial charge in [-0.05, 0) is 30.9 Å². The predicted octanol–water partition coefficient (Wildman–Crippen LogP) is 1.42. The third-order valence-electron chi connectivity index (χ3n) is 3.64. The molecule has 0 radical (unpaired) electrons. The summed E-state index contributed by atoms with van der Waals surface area (Å²) in [5, 5.41) is 28.7. The summed E-state index contributed by atoms with van der Waals surface area (Å²) in [6.07, 6.45) is 1.07. The maximum atomic E-state index is 12.4. The Morgan fingerprint density at radius 3 is 2.40 bits per heavy atom. The predicted molar refractivity (Wildman–Crippen MR) is 70.6 cm³/mol. The van der Waals surface area contributed by atoms with Crippen LogP contribution in [0.4, 0.5) is 0 Å². The van der Waals surface area contributed by atoms with Crippen molar-refractivity contribution >= 4 is 11.9 Å². The van der Waals surface area contributed by atoms with Crippen molar-refractivity contribution in [2.24, 2.45) is 5.92 Å². The van der Waals surface area contributed by atoms with E-state index in [0.717, 1.165) is 0 Å². The third kappa shape index (κ3) is 2.54. The quantitative estimate of drug-likeness (QED) is 0.760. The van der Waals surface area contributed by atoms with Gasteiger partial charge in [-0.1, -0.05) is 13.0 Å². The molecular weight excluding hydrogens is 262 g/mol. The number of phenolic OH excluding ortho intramolecular Hbond substituents is 2. The standard InChI is InChI=1S/C14H17NO5/c1-8-5-6-15(9(7-8)14(19)20)13(18)12-10(16)3-2-4-11(12)17/h2-4,8-9,16-17H,5-7H2,1H3,(H,19,20). The lowest BCUT2D eigenvalue weighted by Crippen LogP contribution is -2.49. The number of hydrogen-bond donors (Lipinski definition) is 3. The first-order valence-electron chi connectivity index (χ1n) is 6.46. The molecule has 1 aromatic rings. The van der Waals surface area contributed by atoms with E-state index in [1.165, 1.54) is 23.1 Å². The van der Waals surface area contributed by atoms with Gasteiger partial charge in [-0.25, -0.2) is 4.79 Å². The van der Waals surface area contributed by atoms with Gasteiger partial charge in [0, 0.05) is 6.54 Å². The molecule has 0 spiro atoms. The molecule has 0 bridgehead atoms. The highest BCUT2D eigenvalue weighted by molar-refractivity contribution is 6.01. The largest absolute Gasteiger partial charge is 0.507 e. The van der Waals surface area contributed by atoms with Crippen LogP contribution in [0.15, 0.2) is 18.2 Å². The summed E-state index contributed by atoms with van der Waals surface area (Å²) in [4.78, 5) is 24.9. The van der Waals surface area contributed by atoms with Crippen LogP contribution in [0.2, 0.25) is 0 Å². The maximum Gasteiger partial charge on any atom is 0.326 e. The van der Waals surface area contributed by atoms with Crippen molar-refractivity contribution in [2.45, 2.75) is 25.8 Å². The molecule has 2 rings (SSSR count). The molecule has 3 N–H and O–H groups in total. The van der Waals surface area contributed by atoms with Gasteiger partial charge in [-0.3, -0.25) is 4.79 Å². The number of carboxylic acids is 1. The zero-order chi connectivity index (χ0) is 14.9. The Morgan fingerprint density at radius 1 is 1.25 bits per heavy atom. The van der Waals surface area contributed by atoms with Gasteiger partial charge in [0.2, 0.25) is 0 Å². The molecular formula is C14H17NO5. The Bertz CT molecular complexity index is 522. The van der Waals surface area contributed by atoms with E-state index in [-0.39, 0.29) is 23.0 Å². The Kier molecular flexibility index (Phi) is 3.83. The van der Waals surface area contributed by atoms with Crippen LogP contribution < -0.4 is 0 Å². The molecule has 2 atom stereocenters. The Balaban J connectivity index is 2.34. The number of nitrogens with zero attached hydrogens (tertiary/aromatic N) is 1. The van der Waals surface area contributed by atoms with Crippen molar-refractivity contribution in [3.05, 3.63) is 23.8 Å². The average Bonchev–Trinajstić information content (AvgIpc) is 2.38. The van der Waals surface area contributed by atoms with Crippen LogP contribution in [0.25, 0.3) is 0 Å². The van der Waals surface area contributed by atoms with Crippen molar-refractivity contribution in [2.75, 3.05) is 6.54 Å². The molecule has 0 saturated carbocycles. The molecule has 1 saturated heterocycles. The van der Waals surface area contributed by atoms with Crippen LogP contribution in [0.1, 0.15) is 30.1 Å². The monoisotopic (exact) mass is 279 g/mol. The summed E-state index contributed by atoms with van der Waals surface area (Å²) >= 11 is 0. The van der Waals surface area contributed by atoms with Gasteiger partial charge in [-0.2, -0.15) is 0 Å². The zero-order valence-corrected chi connectivity index (χ0v) is 11.1. The second kappa shape index (κ2) is 5.40. The number of amides is 1. The lowest BCUT2D eigenvalue weighted by Gasteiger charge is -2.36. The normalized spacial score (nSPS) is 22.6. The maximum absolute atomic E-state index is 12.4. The molecule has 1 aromatic carbocycles. The number of carboxylic acid groups (broad SMARTS) is 1. The summed E-state index contributed by atoms with van der Waals surface area (Å²) in [6, 6.07) is 3.06. The molecule has 6 heteroatoms. The van der Waals surface area contributed by atoms with Crippen molar-refractivity contribution in [1.82, 2.24) is 4.90 Å². The van der Waals surface area contributed by atoms with E-state index >= 15 is 0 Å². The Morgan fingerprint density at radius 2 is 1.85 bits per heavy atom. The summed E-state index contributed by atoms with van der Waals surface area (Å²) < 4.78 is 0. The molecule has 1 amide bonds. The van der Waals surface area contributed by atoms with Crippen molar-refractivity contribution < 1.29 is 24.9 Å². The van der Waals surface area contributed by atoms with Crippen LogP contribution in [0, 0.1) is 5.92 Å². The first kappa shape index (κ1) is 14.2. The van der Waals surface area contributed by atoms with Gasteiger partial charge in [0.05, 0.1) is 0 Å². The van der Waals surface area contributed by atoms with Crippen LogP contribution in [-0.2, 0) is 4.79 Å². The van der Waals surface area contributed by atoms with Crippen LogP contribution >= 0.6 is 0 Å². The highest BCUT2D eigenvalue weighted by atomic mass is 16.4. The number of aromatic hydroxyl groups is 2. The van der Waals surface area contributed by atoms with Crippen LogP contribution in [0.5, 0.6) is 11.5 Å². The fourth-order valence-electron chi connectivity index (χ4n) is 2.51. The van der Waals surface area contributed by atoms with E-state index < -0.39 is 17.9 Å². The minimum atomic E-state index is -1.07. The van der Waals surface area contributed by atoms with Crippen LogP contribution in [0.3, 0.4) is 0 Å². The number of carbonyl (C=O) groups excluding carboxylic acids is 1. The van der Waals surface area contributed by atoms with Gasteiger partial charge >= 0.3 is 5.97 Å². The van der Waals surface area contributed by atoms with Gasteiger partial charge < -0.3 is 20.2 Å². The van der Waals surface area contributed by atoms with Gasteiger partial charge in [0.1, 0.15) is 23.1 Å². The van der Waals surface area contributed by atoms with E-state index in [1.807, 2.05) is 6.92 Å². The van der Waals surface area contributed by atoms with Gasteiger partial charge in [0.25, 0.3) is 5.91 Å². The molecule has 6 nitrogen and oxygen atoms in total. The molecule has 2 unspecified atom stereocenters. The highest BCUT2D eigenvalue weighted by Crippen LogP contribution is 2.31. The van der Waals surface area contributed by atoms with Crippen molar-refractivity contribution in [3.8, 4) is 11.5 Å². The second-order valence-electron chi connectivity index (χ2n) is 5.15. The lowest BCUT2D eigenvalue weighted by atomic mass is 9.91. The molecule has 20 heavy (non-hydrogen) atoms. The van der Waals surface area contributed by atoms with Crippen molar-refractivity contribution in [1.29, 1.82) is 0 Å². The van der Waals surface area contributed by atoms with E-state index in [4.69, 9.17) is 0 Å². The number of piperidine rings is 1. The van der Waals surface area contributed by atoms with E-state index in [9.17, 15) is 24.9 Å². The fraction of sp³-hybridized carbons (Fsp3) is 0.429. The minimum Gasteiger partial charge on any atom is -0.507 e. The first-order valence-corrected chi connectivity index (χ1v) is 6.46. The van der Waals surface area contributed by atoms with Gasteiger partial charge in [0.15, 0.2) is 0 Å². The lowest BCUT2D eigenvalue weighted by molar-refractivity contribution is -0.144. The number of rotatable bonds is 2. The Labute approximate surface area is 116 Å². The molecule has 1 heterocycles. The van der Waals surface area contributed by atoms with E-state index in [2.05, 4.69) is 0 Å².